The number of nitrogens with one attached hydrogen (secondary N) is 2. The first-order valence-corrected chi connectivity index (χ1v) is 6.28. The average molecular weight is 286 g/mol. The zero-order valence-electron chi connectivity index (χ0n) is 10.1. The Balaban J connectivity index is 1.72. The van der Waals surface area contributed by atoms with Gasteiger partial charge in [0, 0.05) is 17.3 Å². The van der Waals surface area contributed by atoms with E-state index in [9.17, 15) is 0 Å². The number of aromatic amines is 1. The number of aromatic nitrogens is 4. The molecule has 0 saturated heterocycles. The molecule has 0 aliphatic heterocycles. The first-order valence-electron chi connectivity index (χ1n) is 5.91. The fourth-order valence-corrected chi connectivity index (χ4v) is 2.15. The number of hydrogen-bond acceptors (Lipinski definition) is 5. The molecule has 3 heterocycles. The van der Waals surface area contributed by atoms with Crippen LogP contribution >= 0.6 is 11.6 Å². The topological polar surface area (TPSA) is 79.6 Å². The van der Waals surface area contributed by atoms with Gasteiger partial charge in [0.1, 0.15) is 5.52 Å². The number of H-pyrrole nitrogens is 1. The van der Waals surface area contributed by atoms with Crippen molar-refractivity contribution in [3.05, 3.63) is 41.7 Å². The highest BCUT2D eigenvalue weighted by Crippen LogP contribution is 2.23. The molecule has 0 atom stereocenters. The molecule has 0 bridgehead atoms. The first kappa shape index (κ1) is 11.2. The van der Waals surface area contributed by atoms with Crippen LogP contribution in [0.3, 0.4) is 0 Å². The van der Waals surface area contributed by atoms with Gasteiger partial charge in [-0.1, -0.05) is 11.6 Å². The Morgan fingerprint density at radius 3 is 3.00 bits per heavy atom. The van der Waals surface area contributed by atoms with E-state index in [1.807, 2.05) is 12.1 Å². The number of imidazole rings is 1. The molecule has 2 N–H and O–H groups in total. The third-order valence-corrected chi connectivity index (χ3v) is 3.09. The van der Waals surface area contributed by atoms with Gasteiger partial charge in [-0.2, -0.15) is 4.98 Å². The number of nitrogens with zero attached hydrogens (tertiary/aromatic N) is 3. The second-order valence-corrected chi connectivity index (χ2v) is 4.67. The van der Waals surface area contributed by atoms with Crippen molar-refractivity contribution in [3.8, 4) is 0 Å². The van der Waals surface area contributed by atoms with Gasteiger partial charge in [-0.15, -0.1) is 0 Å². The van der Waals surface area contributed by atoms with Gasteiger partial charge in [0.2, 0.25) is 5.95 Å². The highest BCUT2D eigenvalue weighted by atomic mass is 35.5. The highest BCUT2D eigenvalue weighted by Gasteiger charge is 2.08. The maximum atomic E-state index is 5.94. The van der Waals surface area contributed by atoms with E-state index < -0.39 is 0 Å². The molecular weight excluding hydrogens is 278 g/mol. The van der Waals surface area contributed by atoms with Crippen LogP contribution in [-0.4, -0.2) is 19.9 Å². The molecule has 0 amide bonds. The third-order valence-electron chi connectivity index (χ3n) is 2.86. The predicted molar refractivity (Wildman–Crippen MR) is 76.2 cm³/mol. The van der Waals surface area contributed by atoms with Crippen molar-refractivity contribution in [1.82, 2.24) is 19.9 Å². The van der Waals surface area contributed by atoms with Gasteiger partial charge >= 0.3 is 6.01 Å². The van der Waals surface area contributed by atoms with E-state index in [0.717, 1.165) is 11.0 Å². The van der Waals surface area contributed by atoms with E-state index in [2.05, 4.69) is 25.3 Å². The van der Waals surface area contributed by atoms with E-state index in [1.54, 1.807) is 24.5 Å². The lowest BCUT2D eigenvalue weighted by molar-refractivity contribution is 0.622. The van der Waals surface area contributed by atoms with Crippen LogP contribution in [0.5, 0.6) is 0 Å². The Labute approximate surface area is 117 Å². The van der Waals surface area contributed by atoms with Gasteiger partial charge in [0.05, 0.1) is 17.2 Å². The average Bonchev–Trinajstić information content (AvgIpc) is 3.00. The van der Waals surface area contributed by atoms with Crippen LogP contribution in [0.2, 0.25) is 5.02 Å². The summed E-state index contributed by atoms with van der Waals surface area (Å²) in [6.07, 6.45) is 3.29. The van der Waals surface area contributed by atoms with Crippen LogP contribution in [0.15, 0.2) is 41.1 Å². The normalized spacial score (nSPS) is 11.2. The van der Waals surface area contributed by atoms with Crippen LogP contribution in [0.25, 0.3) is 22.1 Å². The summed E-state index contributed by atoms with van der Waals surface area (Å²) in [5.41, 5.74) is 3.02. The van der Waals surface area contributed by atoms with Crippen LogP contribution in [-0.2, 0) is 0 Å². The van der Waals surface area contributed by atoms with Crippen molar-refractivity contribution < 1.29 is 4.42 Å². The minimum atomic E-state index is 0.359. The summed E-state index contributed by atoms with van der Waals surface area (Å²) in [6.45, 7) is 0. The molecule has 4 rings (SSSR count). The summed E-state index contributed by atoms with van der Waals surface area (Å²) in [6, 6.07) is 7.56. The SMILES string of the molecule is Clc1ccc2nc(Nc3nc4cnccc4o3)[nH]c2c1. The maximum Gasteiger partial charge on any atom is 0.302 e. The quantitative estimate of drug-likeness (QED) is 0.589. The Morgan fingerprint density at radius 1 is 1.15 bits per heavy atom. The summed E-state index contributed by atoms with van der Waals surface area (Å²) in [5.74, 6) is 0.543. The molecule has 1 aromatic carbocycles. The van der Waals surface area contributed by atoms with Crippen molar-refractivity contribution in [1.29, 1.82) is 0 Å². The zero-order chi connectivity index (χ0) is 13.5. The summed E-state index contributed by atoms with van der Waals surface area (Å²) in [7, 11) is 0. The zero-order valence-corrected chi connectivity index (χ0v) is 10.8. The van der Waals surface area contributed by atoms with E-state index in [-0.39, 0.29) is 0 Å². The second-order valence-electron chi connectivity index (χ2n) is 4.23. The largest absolute Gasteiger partial charge is 0.423 e. The van der Waals surface area contributed by atoms with E-state index >= 15 is 0 Å². The molecule has 7 heteroatoms. The third kappa shape index (κ3) is 1.86. The number of fused-ring (bicyclic) bond motifs is 2. The van der Waals surface area contributed by atoms with Gasteiger partial charge < -0.3 is 9.40 Å². The minimum Gasteiger partial charge on any atom is -0.423 e. The lowest BCUT2D eigenvalue weighted by Gasteiger charge is -1.93. The lowest BCUT2D eigenvalue weighted by atomic mass is 10.3. The Morgan fingerprint density at radius 2 is 2.10 bits per heavy atom. The van der Waals surface area contributed by atoms with Crippen LogP contribution in [0, 0.1) is 0 Å². The number of benzene rings is 1. The molecule has 0 fully saturated rings. The van der Waals surface area contributed by atoms with Crippen LogP contribution in [0.1, 0.15) is 0 Å². The Hall–Kier alpha value is -2.60. The molecule has 4 aromatic rings. The van der Waals surface area contributed by atoms with Crippen molar-refractivity contribution >= 4 is 45.7 Å². The van der Waals surface area contributed by atoms with E-state index in [1.165, 1.54) is 0 Å². The highest BCUT2D eigenvalue weighted by molar-refractivity contribution is 6.31. The fourth-order valence-electron chi connectivity index (χ4n) is 1.98. The van der Waals surface area contributed by atoms with Gasteiger partial charge in [-0.25, -0.2) is 4.98 Å². The monoisotopic (exact) mass is 285 g/mol. The molecule has 0 spiro atoms. The van der Waals surface area contributed by atoms with Gasteiger partial charge in [-0.3, -0.25) is 10.3 Å². The number of halogens is 1. The van der Waals surface area contributed by atoms with Crippen molar-refractivity contribution in [2.45, 2.75) is 0 Å². The summed E-state index contributed by atoms with van der Waals surface area (Å²) in [4.78, 5) is 15.7. The van der Waals surface area contributed by atoms with E-state index in [0.29, 0.717) is 28.1 Å². The molecule has 6 nitrogen and oxygen atoms in total. The molecular formula is C13H8ClN5O. The Bertz CT molecular complexity index is 880. The molecule has 0 saturated carbocycles. The maximum absolute atomic E-state index is 5.94. The molecule has 98 valence electrons. The molecule has 20 heavy (non-hydrogen) atoms. The van der Waals surface area contributed by atoms with Gasteiger partial charge in [0.15, 0.2) is 5.58 Å². The summed E-state index contributed by atoms with van der Waals surface area (Å²) in [5, 5.41) is 3.64. The summed E-state index contributed by atoms with van der Waals surface area (Å²) < 4.78 is 5.54. The number of anilines is 2. The first-order chi connectivity index (χ1) is 9.78. The summed E-state index contributed by atoms with van der Waals surface area (Å²) >= 11 is 5.94. The number of pyridine rings is 1. The molecule has 0 aliphatic carbocycles. The van der Waals surface area contributed by atoms with Crippen LogP contribution in [0.4, 0.5) is 12.0 Å². The minimum absolute atomic E-state index is 0.359. The van der Waals surface area contributed by atoms with E-state index in [4.69, 9.17) is 16.0 Å². The molecule has 0 aliphatic rings. The number of hydrogen-bond donors (Lipinski definition) is 2. The molecule has 0 unspecified atom stereocenters. The van der Waals surface area contributed by atoms with Crippen molar-refractivity contribution in [2.75, 3.05) is 5.32 Å². The van der Waals surface area contributed by atoms with Crippen molar-refractivity contribution in [2.24, 2.45) is 0 Å². The second kappa shape index (κ2) is 4.21. The Kier molecular flexibility index (Phi) is 2.37. The van der Waals surface area contributed by atoms with Gasteiger partial charge in [0.25, 0.3) is 0 Å². The fraction of sp³-hybridized carbons (Fsp3) is 0. The molecule has 3 aromatic heterocycles. The van der Waals surface area contributed by atoms with Crippen LogP contribution < -0.4 is 5.32 Å². The number of rotatable bonds is 2. The van der Waals surface area contributed by atoms with Gasteiger partial charge in [-0.05, 0) is 18.2 Å². The molecule has 0 radical (unpaired) electrons. The standard InChI is InChI=1S/C13H8ClN5O/c14-7-1-2-8-9(5-7)17-12(16-8)19-13-18-10-6-15-4-3-11(10)20-13/h1-6H,(H2,16,17,18,19). The number of oxazole rings is 1. The smallest absolute Gasteiger partial charge is 0.302 e. The lowest BCUT2D eigenvalue weighted by Crippen LogP contribution is -1.91. The predicted octanol–water partition coefficient (Wildman–Crippen LogP) is 3.50. The van der Waals surface area contributed by atoms with Crippen molar-refractivity contribution in [3.63, 3.8) is 0 Å².